The van der Waals surface area contributed by atoms with E-state index in [1.165, 1.54) is 6.26 Å². The molecule has 1 atom stereocenters. The van der Waals surface area contributed by atoms with Crippen LogP contribution >= 0.6 is 11.8 Å². The number of nitrogens with one attached hydrogen (secondary N) is 2. The van der Waals surface area contributed by atoms with Crippen molar-refractivity contribution < 1.29 is 19.1 Å². The molecule has 3 N–H and O–H groups in total. The molecule has 1 aromatic rings. The molecular weight excluding hydrogens is 280 g/mol. The number of hydrogen-bond donors (Lipinski definition) is 3. The van der Waals surface area contributed by atoms with Gasteiger partial charge in [-0.1, -0.05) is 0 Å². The second-order valence-electron chi connectivity index (χ2n) is 4.68. The van der Waals surface area contributed by atoms with Crippen molar-refractivity contribution in [3.05, 3.63) is 24.2 Å². The minimum Gasteiger partial charge on any atom is -0.467 e. The highest BCUT2D eigenvalue weighted by Gasteiger charge is 2.22. The molecule has 0 saturated heterocycles. The van der Waals surface area contributed by atoms with Crippen molar-refractivity contribution in [1.29, 1.82) is 0 Å². The van der Waals surface area contributed by atoms with E-state index in [1.54, 1.807) is 30.8 Å². The standard InChI is InChI=1S/C13H20N2O4S/c1-13(18,5-7-20-2)9-15-12(17)11(16)14-8-10-4-3-6-19-10/h3-4,6,18H,5,7-9H2,1-2H3,(H,14,16)(H,15,17)/t13-/m1/s1. The molecule has 1 heterocycles. The maximum absolute atomic E-state index is 11.6. The fraction of sp³-hybridized carbons (Fsp3) is 0.538. The van der Waals surface area contributed by atoms with Crippen LogP contribution in [-0.2, 0) is 16.1 Å². The molecule has 1 rings (SSSR count). The topological polar surface area (TPSA) is 91.6 Å². The van der Waals surface area contributed by atoms with Crippen LogP contribution in [0.4, 0.5) is 0 Å². The van der Waals surface area contributed by atoms with Gasteiger partial charge in [-0.15, -0.1) is 0 Å². The second kappa shape index (κ2) is 7.96. The van der Waals surface area contributed by atoms with Gasteiger partial charge < -0.3 is 20.2 Å². The average Bonchev–Trinajstić information content (AvgIpc) is 2.93. The zero-order valence-electron chi connectivity index (χ0n) is 11.6. The lowest BCUT2D eigenvalue weighted by Crippen LogP contribution is -2.46. The molecule has 0 radical (unpaired) electrons. The summed E-state index contributed by atoms with van der Waals surface area (Å²) in [6.07, 6.45) is 3.98. The Labute approximate surface area is 122 Å². The molecule has 6 nitrogen and oxygen atoms in total. The van der Waals surface area contributed by atoms with Gasteiger partial charge in [-0.3, -0.25) is 9.59 Å². The molecule has 0 fully saturated rings. The van der Waals surface area contributed by atoms with E-state index in [0.717, 1.165) is 5.75 Å². The monoisotopic (exact) mass is 300 g/mol. The predicted octanol–water partition coefficient (Wildman–Crippen LogP) is 0.516. The van der Waals surface area contributed by atoms with Gasteiger partial charge in [0.2, 0.25) is 0 Å². The van der Waals surface area contributed by atoms with Crippen molar-refractivity contribution in [2.45, 2.75) is 25.5 Å². The molecule has 0 aliphatic heterocycles. The number of furan rings is 1. The van der Waals surface area contributed by atoms with Crippen molar-refractivity contribution in [2.24, 2.45) is 0 Å². The molecule has 0 aliphatic rings. The molecule has 112 valence electrons. The van der Waals surface area contributed by atoms with Crippen molar-refractivity contribution in [1.82, 2.24) is 10.6 Å². The Bertz CT molecular complexity index is 432. The Morgan fingerprint density at radius 2 is 2.10 bits per heavy atom. The Hall–Kier alpha value is -1.47. The van der Waals surface area contributed by atoms with Crippen LogP contribution in [0.5, 0.6) is 0 Å². The van der Waals surface area contributed by atoms with Crippen LogP contribution in [0.15, 0.2) is 22.8 Å². The first-order chi connectivity index (χ1) is 9.44. The van der Waals surface area contributed by atoms with Crippen LogP contribution < -0.4 is 10.6 Å². The summed E-state index contributed by atoms with van der Waals surface area (Å²) < 4.78 is 5.03. The first kappa shape index (κ1) is 16.6. The van der Waals surface area contributed by atoms with Crippen LogP contribution in [0.2, 0.25) is 0 Å². The van der Waals surface area contributed by atoms with E-state index in [-0.39, 0.29) is 13.1 Å². The van der Waals surface area contributed by atoms with Crippen LogP contribution in [0.25, 0.3) is 0 Å². The van der Waals surface area contributed by atoms with Crippen molar-refractivity contribution >= 4 is 23.6 Å². The summed E-state index contributed by atoms with van der Waals surface area (Å²) >= 11 is 1.61. The fourth-order valence-electron chi connectivity index (χ4n) is 1.42. The number of rotatable bonds is 7. The van der Waals surface area contributed by atoms with Crippen LogP contribution in [0, 0.1) is 0 Å². The van der Waals surface area contributed by atoms with E-state index in [2.05, 4.69) is 10.6 Å². The number of aliphatic hydroxyl groups is 1. The molecule has 0 saturated carbocycles. The van der Waals surface area contributed by atoms with Gasteiger partial charge in [0, 0.05) is 6.54 Å². The summed E-state index contributed by atoms with van der Waals surface area (Å²) in [6.45, 7) is 1.83. The third-order valence-corrected chi connectivity index (χ3v) is 3.30. The zero-order chi connectivity index (χ0) is 15.0. The lowest BCUT2D eigenvalue weighted by molar-refractivity contribution is -0.139. The van der Waals surface area contributed by atoms with Crippen molar-refractivity contribution in [3.63, 3.8) is 0 Å². The number of carbonyl (C=O) groups excluding carboxylic acids is 2. The molecule has 0 unspecified atom stereocenters. The number of amides is 2. The van der Waals surface area contributed by atoms with Gasteiger partial charge in [-0.05, 0) is 37.5 Å². The Balaban J connectivity index is 2.29. The zero-order valence-corrected chi connectivity index (χ0v) is 12.5. The predicted molar refractivity (Wildman–Crippen MR) is 77.2 cm³/mol. The van der Waals surface area contributed by atoms with Gasteiger partial charge in [0.05, 0.1) is 18.4 Å². The number of carbonyl (C=O) groups is 2. The maximum Gasteiger partial charge on any atom is 0.309 e. The Morgan fingerprint density at radius 3 is 2.70 bits per heavy atom. The lowest BCUT2D eigenvalue weighted by atomic mass is 10.0. The molecule has 1 aromatic heterocycles. The lowest BCUT2D eigenvalue weighted by Gasteiger charge is -2.22. The van der Waals surface area contributed by atoms with Crippen LogP contribution in [0.3, 0.4) is 0 Å². The first-order valence-electron chi connectivity index (χ1n) is 6.24. The van der Waals surface area contributed by atoms with Gasteiger partial charge in [-0.2, -0.15) is 11.8 Å². The Kier molecular flexibility index (Phi) is 6.60. The van der Waals surface area contributed by atoms with Gasteiger partial charge in [0.15, 0.2) is 0 Å². The molecule has 20 heavy (non-hydrogen) atoms. The third-order valence-electron chi connectivity index (χ3n) is 2.68. The minimum absolute atomic E-state index is 0.0422. The summed E-state index contributed by atoms with van der Waals surface area (Å²) in [4.78, 5) is 23.1. The quantitative estimate of drug-likeness (QED) is 0.638. The molecule has 0 spiro atoms. The third kappa shape index (κ3) is 6.12. The summed E-state index contributed by atoms with van der Waals surface area (Å²) in [7, 11) is 0. The molecular formula is C13H20N2O4S. The minimum atomic E-state index is -1.01. The van der Waals surface area contributed by atoms with Gasteiger partial charge in [-0.25, -0.2) is 0 Å². The molecule has 2 amide bonds. The highest BCUT2D eigenvalue weighted by Crippen LogP contribution is 2.11. The highest BCUT2D eigenvalue weighted by atomic mass is 32.2. The summed E-state index contributed by atoms with van der Waals surface area (Å²) in [5.41, 5.74) is -1.01. The Morgan fingerprint density at radius 1 is 1.40 bits per heavy atom. The van der Waals surface area contributed by atoms with E-state index in [1.807, 2.05) is 6.26 Å². The second-order valence-corrected chi connectivity index (χ2v) is 5.67. The smallest absolute Gasteiger partial charge is 0.309 e. The highest BCUT2D eigenvalue weighted by molar-refractivity contribution is 7.98. The van der Waals surface area contributed by atoms with Gasteiger partial charge >= 0.3 is 11.8 Å². The van der Waals surface area contributed by atoms with Crippen LogP contribution in [0.1, 0.15) is 19.1 Å². The number of hydrogen-bond acceptors (Lipinski definition) is 5. The fourth-order valence-corrected chi connectivity index (χ4v) is 2.07. The number of thioether (sulfide) groups is 1. The molecule has 0 aromatic carbocycles. The first-order valence-corrected chi connectivity index (χ1v) is 7.64. The average molecular weight is 300 g/mol. The van der Waals surface area contributed by atoms with Crippen molar-refractivity contribution in [2.75, 3.05) is 18.6 Å². The van der Waals surface area contributed by atoms with Gasteiger partial charge in [0.1, 0.15) is 5.76 Å². The van der Waals surface area contributed by atoms with E-state index < -0.39 is 17.4 Å². The van der Waals surface area contributed by atoms with E-state index >= 15 is 0 Å². The van der Waals surface area contributed by atoms with E-state index in [0.29, 0.717) is 12.2 Å². The summed E-state index contributed by atoms with van der Waals surface area (Å²) in [6, 6.07) is 3.40. The van der Waals surface area contributed by atoms with Crippen LogP contribution in [-0.4, -0.2) is 41.1 Å². The SMILES string of the molecule is CSCC[C@@](C)(O)CNC(=O)C(=O)NCc1ccco1. The summed E-state index contributed by atoms with van der Waals surface area (Å²) in [5, 5.41) is 14.8. The molecule has 0 bridgehead atoms. The largest absolute Gasteiger partial charge is 0.467 e. The van der Waals surface area contributed by atoms with E-state index in [9.17, 15) is 14.7 Å². The normalized spacial score (nSPS) is 13.6. The summed E-state index contributed by atoms with van der Waals surface area (Å²) in [5.74, 6) is -0.158. The molecule has 0 aliphatic carbocycles. The van der Waals surface area contributed by atoms with Gasteiger partial charge in [0.25, 0.3) is 0 Å². The van der Waals surface area contributed by atoms with Crippen molar-refractivity contribution in [3.8, 4) is 0 Å². The van der Waals surface area contributed by atoms with E-state index in [4.69, 9.17) is 4.42 Å². The molecule has 7 heteroatoms. The maximum atomic E-state index is 11.6.